The molecule has 0 aliphatic rings. The number of fused-ring (bicyclic) bond motifs is 1. The van der Waals surface area contributed by atoms with Crippen LogP contribution in [0.4, 0.5) is 10.8 Å². The summed E-state index contributed by atoms with van der Waals surface area (Å²) in [5.41, 5.74) is 9.61. The van der Waals surface area contributed by atoms with E-state index in [1.807, 2.05) is 43.3 Å². The molecule has 0 spiro atoms. The Morgan fingerprint density at radius 2 is 2.07 bits per heavy atom. The van der Waals surface area contributed by atoms with Crippen molar-refractivity contribution in [2.24, 2.45) is 5.73 Å². The summed E-state index contributed by atoms with van der Waals surface area (Å²) >= 11 is 1.44. The molecule has 0 saturated carbocycles. The molecule has 4 rings (SSSR count). The number of nitrogens with two attached hydrogens (primary N) is 1. The van der Waals surface area contributed by atoms with Gasteiger partial charge in [0.2, 0.25) is 0 Å². The zero-order chi connectivity index (χ0) is 19.7. The number of aliphatic hydroxyl groups excluding tert-OH is 1. The van der Waals surface area contributed by atoms with E-state index in [0.29, 0.717) is 16.4 Å². The van der Waals surface area contributed by atoms with E-state index < -0.39 is 5.91 Å². The molecule has 0 bridgehead atoms. The number of hydrogen-bond acceptors (Lipinski definition) is 6. The molecule has 1 unspecified atom stereocenters. The van der Waals surface area contributed by atoms with E-state index in [2.05, 4.69) is 20.5 Å². The number of primary amides is 1. The molecule has 1 atom stereocenters. The fraction of sp³-hybridized carbons (Fsp3) is 0.150. The lowest BCUT2D eigenvalue weighted by Crippen LogP contribution is -2.11. The quantitative estimate of drug-likeness (QED) is 0.399. The van der Waals surface area contributed by atoms with Gasteiger partial charge in [-0.2, -0.15) is 5.10 Å². The largest absolute Gasteiger partial charge is 0.396 e. The van der Waals surface area contributed by atoms with E-state index in [-0.39, 0.29) is 12.5 Å². The highest BCUT2D eigenvalue weighted by atomic mass is 32.1. The number of H-pyrrole nitrogens is 1. The van der Waals surface area contributed by atoms with Crippen LogP contribution in [-0.4, -0.2) is 32.8 Å². The summed E-state index contributed by atoms with van der Waals surface area (Å²) in [5, 5.41) is 20.0. The summed E-state index contributed by atoms with van der Waals surface area (Å²) in [7, 11) is 0. The lowest BCUT2D eigenvalue weighted by Gasteiger charge is -2.08. The Labute approximate surface area is 165 Å². The molecule has 0 aliphatic carbocycles. The molecular weight excluding hydrogens is 374 g/mol. The molecule has 0 radical (unpaired) electrons. The predicted molar refractivity (Wildman–Crippen MR) is 111 cm³/mol. The van der Waals surface area contributed by atoms with E-state index in [1.54, 1.807) is 12.3 Å². The molecule has 1 amide bonds. The van der Waals surface area contributed by atoms with E-state index in [4.69, 9.17) is 5.73 Å². The average Bonchev–Trinajstić information content (AvgIpc) is 3.34. The molecule has 28 heavy (non-hydrogen) atoms. The molecule has 142 valence electrons. The van der Waals surface area contributed by atoms with Crippen LogP contribution in [-0.2, 0) is 0 Å². The van der Waals surface area contributed by atoms with Crippen molar-refractivity contribution in [3.8, 4) is 10.4 Å². The minimum absolute atomic E-state index is 0.0831. The maximum Gasteiger partial charge on any atom is 0.251 e. The van der Waals surface area contributed by atoms with E-state index >= 15 is 0 Å². The Hall–Kier alpha value is -3.23. The van der Waals surface area contributed by atoms with Crippen molar-refractivity contribution < 1.29 is 9.90 Å². The van der Waals surface area contributed by atoms with Gasteiger partial charge in [0.1, 0.15) is 16.3 Å². The van der Waals surface area contributed by atoms with Crippen molar-refractivity contribution in [1.82, 2.24) is 15.2 Å². The van der Waals surface area contributed by atoms with Gasteiger partial charge in [0.05, 0.1) is 17.3 Å². The van der Waals surface area contributed by atoms with Crippen LogP contribution in [0.2, 0.25) is 0 Å². The molecule has 7 nitrogen and oxygen atoms in total. The van der Waals surface area contributed by atoms with Crippen molar-refractivity contribution in [2.75, 3.05) is 11.9 Å². The van der Waals surface area contributed by atoms with Gasteiger partial charge in [0, 0.05) is 17.4 Å². The van der Waals surface area contributed by atoms with Gasteiger partial charge in [0.15, 0.2) is 0 Å². The zero-order valence-corrected chi connectivity index (χ0v) is 16.0. The second-order valence-electron chi connectivity index (χ2n) is 6.55. The number of aromatic nitrogens is 3. The Kier molecular flexibility index (Phi) is 4.81. The molecule has 0 saturated heterocycles. The van der Waals surface area contributed by atoms with E-state index in [0.717, 1.165) is 27.0 Å². The maximum atomic E-state index is 11.9. The SMILES string of the molecule is CC(CO)c1ccc(-c2cc(C(N)=O)c(Nc3ccc4[nH]ncc4n3)s2)cc1. The normalized spacial score (nSPS) is 12.2. The van der Waals surface area contributed by atoms with Crippen molar-refractivity contribution in [3.05, 3.63) is 59.8 Å². The van der Waals surface area contributed by atoms with Crippen molar-refractivity contribution >= 4 is 39.1 Å². The average molecular weight is 393 g/mol. The Morgan fingerprint density at radius 1 is 1.29 bits per heavy atom. The number of carbonyl (C=O) groups is 1. The number of benzene rings is 1. The van der Waals surface area contributed by atoms with Gasteiger partial charge in [-0.25, -0.2) is 4.98 Å². The number of pyridine rings is 1. The second-order valence-corrected chi connectivity index (χ2v) is 7.60. The molecule has 0 fully saturated rings. The van der Waals surface area contributed by atoms with Crippen LogP contribution < -0.4 is 11.1 Å². The van der Waals surface area contributed by atoms with Gasteiger partial charge in [0.25, 0.3) is 5.91 Å². The summed E-state index contributed by atoms with van der Waals surface area (Å²) in [4.78, 5) is 17.3. The molecule has 0 aliphatic heterocycles. The molecular formula is C20H19N5O2S. The number of anilines is 2. The van der Waals surface area contributed by atoms with Gasteiger partial charge < -0.3 is 16.2 Å². The summed E-state index contributed by atoms with van der Waals surface area (Å²) in [6.45, 7) is 2.07. The topological polar surface area (TPSA) is 117 Å². The number of hydrogen-bond donors (Lipinski definition) is 4. The van der Waals surface area contributed by atoms with Crippen LogP contribution in [0.1, 0.15) is 28.8 Å². The van der Waals surface area contributed by atoms with Gasteiger partial charge in [-0.1, -0.05) is 31.2 Å². The van der Waals surface area contributed by atoms with Crippen LogP contribution >= 0.6 is 11.3 Å². The third-order valence-electron chi connectivity index (χ3n) is 4.57. The summed E-state index contributed by atoms with van der Waals surface area (Å²) in [6, 6.07) is 13.4. The standard InChI is InChI=1S/C20H19N5O2S/c1-11(10-26)12-2-4-13(5-3-12)17-8-14(19(21)27)20(28-17)24-18-7-6-15-16(23-18)9-22-25-15/h2-9,11,26H,10H2,1H3,(H2,21,27)(H,22,25)(H,23,24). The zero-order valence-electron chi connectivity index (χ0n) is 15.1. The highest BCUT2D eigenvalue weighted by molar-refractivity contribution is 7.19. The van der Waals surface area contributed by atoms with Crippen molar-refractivity contribution in [3.63, 3.8) is 0 Å². The Bertz CT molecular complexity index is 1130. The molecule has 8 heteroatoms. The van der Waals surface area contributed by atoms with Gasteiger partial charge in [-0.05, 0) is 29.3 Å². The molecule has 3 aromatic heterocycles. The number of aromatic amines is 1. The molecule has 1 aromatic carbocycles. The van der Waals surface area contributed by atoms with Crippen molar-refractivity contribution in [2.45, 2.75) is 12.8 Å². The third kappa shape index (κ3) is 3.47. The van der Waals surface area contributed by atoms with Gasteiger partial charge in [-0.3, -0.25) is 9.89 Å². The fourth-order valence-corrected chi connectivity index (χ4v) is 3.98. The van der Waals surface area contributed by atoms with Crippen LogP contribution in [0.5, 0.6) is 0 Å². The number of aliphatic hydroxyl groups is 1. The summed E-state index contributed by atoms with van der Waals surface area (Å²) < 4.78 is 0. The maximum absolute atomic E-state index is 11.9. The predicted octanol–water partition coefficient (Wildman–Crippen LogP) is 3.62. The van der Waals surface area contributed by atoms with Gasteiger partial charge >= 0.3 is 0 Å². The van der Waals surface area contributed by atoms with Crippen LogP contribution in [0.25, 0.3) is 21.5 Å². The molecule has 3 heterocycles. The highest BCUT2D eigenvalue weighted by Crippen LogP contribution is 2.37. The molecule has 5 N–H and O–H groups in total. The van der Waals surface area contributed by atoms with Crippen LogP contribution in [0, 0.1) is 0 Å². The Balaban J connectivity index is 1.66. The van der Waals surface area contributed by atoms with Crippen molar-refractivity contribution in [1.29, 1.82) is 0 Å². The first-order valence-corrected chi connectivity index (χ1v) is 9.59. The summed E-state index contributed by atoms with van der Waals surface area (Å²) in [6.07, 6.45) is 1.64. The second kappa shape index (κ2) is 7.41. The van der Waals surface area contributed by atoms with Crippen LogP contribution in [0.3, 0.4) is 0 Å². The number of rotatable bonds is 6. The number of nitrogens with zero attached hydrogens (tertiary/aromatic N) is 2. The van der Waals surface area contributed by atoms with Gasteiger partial charge in [-0.15, -0.1) is 11.3 Å². The number of amides is 1. The lowest BCUT2D eigenvalue weighted by atomic mass is 10.0. The smallest absolute Gasteiger partial charge is 0.251 e. The van der Waals surface area contributed by atoms with Crippen LogP contribution in [0.15, 0.2) is 48.7 Å². The third-order valence-corrected chi connectivity index (χ3v) is 5.67. The Morgan fingerprint density at radius 3 is 2.79 bits per heavy atom. The lowest BCUT2D eigenvalue weighted by molar-refractivity contribution is 0.100. The number of nitrogens with one attached hydrogen (secondary N) is 2. The first kappa shape index (κ1) is 18.1. The highest BCUT2D eigenvalue weighted by Gasteiger charge is 2.16. The number of carbonyl (C=O) groups excluding carboxylic acids is 1. The van der Waals surface area contributed by atoms with E-state index in [1.165, 1.54) is 11.3 Å². The monoisotopic (exact) mass is 393 g/mol. The minimum atomic E-state index is -0.500. The van der Waals surface area contributed by atoms with E-state index in [9.17, 15) is 9.90 Å². The fourth-order valence-electron chi connectivity index (χ4n) is 2.91. The minimum Gasteiger partial charge on any atom is -0.396 e. The number of thiophene rings is 1. The first-order chi connectivity index (χ1) is 13.5. The molecule has 4 aromatic rings. The first-order valence-electron chi connectivity index (χ1n) is 8.77. The summed E-state index contributed by atoms with van der Waals surface area (Å²) in [5.74, 6) is 0.191.